The predicted octanol–water partition coefficient (Wildman–Crippen LogP) is 1.74. The lowest BCUT2D eigenvalue weighted by Gasteiger charge is -2.32. The third-order valence-electron chi connectivity index (χ3n) is 3.12. The molecule has 1 heterocycles. The molecule has 0 amide bonds. The quantitative estimate of drug-likeness (QED) is 0.724. The van der Waals surface area contributed by atoms with Gasteiger partial charge in [-0.15, -0.1) is 0 Å². The molecule has 0 atom stereocenters. The van der Waals surface area contributed by atoms with Gasteiger partial charge in [0.25, 0.3) is 0 Å². The Labute approximate surface area is 92.5 Å². The zero-order valence-electron chi connectivity index (χ0n) is 9.74. The lowest BCUT2D eigenvalue weighted by Crippen LogP contribution is -2.43. The van der Waals surface area contributed by atoms with Gasteiger partial charge in [-0.1, -0.05) is 29.8 Å². The average molecular weight is 204 g/mol. The zero-order chi connectivity index (χ0) is 10.7. The van der Waals surface area contributed by atoms with Gasteiger partial charge in [-0.2, -0.15) is 0 Å². The highest BCUT2D eigenvalue weighted by Crippen LogP contribution is 2.08. The van der Waals surface area contributed by atoms with Crippen LogP contribution in [0, 0.1) is 6.92 Å². The van der Waals surface area contributed by atoms with Crippen LogP contribution < -0.4 is 0 Å². The summed E-state index contributed by atoms with van der Waals surface area (Å²) in [5, 5.41) is 0. The topological polar surface area (TPSA) is 6.48 Å². The van der Waals surface area contributed by atoms with Crippen LogP contribution in [0.2, 0.25) is 0 Å². The zero-order valence-corrected chi connectivity index (χ0v) is 9.74. The Morgan fingerprint density at radius 1 is 1.00 bits per heavy atom. The van der Waals surface area contributed by atoms with Gasteiger partial charge in [0, 0.05) is 32.7 Å². The molecule has 2 nitrogen and oxygen atoms in total. The van der Waals surface area contributed by atoms with Crippen LogP contribution in [-0.2, 0) is 6.54 Å². The van der Waals surface area contributed by atoms with Crippen LogP contribution in [-0.4, -0.2) is 43.0 Å². The summed E-state index contributed by atoms with van der Waals surface area (Å²) in [4.78, 5) is 4.93. The predicted molar refractivity (Wildman–Crippen MR) is 64.0 cm³/mol. The molecule has 0 unspecified atom stereocenters. The van der Waals surface area contributed by atoms with Crippen molar-refractivity contribution in [2.24, 2.45) is 0 Å². The van der Waals surface area contributed by atoms with Crippen molar-refractivity contribution in [2.75, 3.05) is 33.2 Å². The average Bonchev–Trinajstić information content (AvgIpc) is 2.25. The molecule has 1 saturated heterocycles. The van der Waals surface area contributed by atoms with E-state index < -0.39 is 0 Å². The number of hydrogen-bond acceptors (Lipinski definition) is 2. The van der Waals surface area contributed by atoms with E-state index in [0.29, 0.717) is 0 Å². The van der Waals surface area contributed by atoms with Gasteiger partial charge in [-0.05, 0) is 19.5 Å². The summed E-state index contributed by atoms with van der Waals surface area (Å²) in [5.41, 5.74) is 2.78. The fraction of sp³-hybridized carbons (Fsp3) is 0.538. The van der Waals surface area contributed by atoms with Gasteiger partial charge in [0.15, 0.2) is 0 Å². The fourth-order valence-electron chi connectivity index (χ4n) is 1.96. The van der Waals surface area contributed by atoms with Crippen LogP contribution in [0.5, 0.6) is 0 Å². The summed E-state index contributed by atoms with van der Waals surface area (Å²) >= 11 is 0. The van der Waals surface area contributed by atoms with E-state index in [-0.39, 0.29) is 0 Å². The maximum atomic E-state index is 2.53. The van der Waals surface area contributed by atoms with Gasteiger partial charge >= 0.3 is 0 Å². The van der Waals surface area contributed by atoms with E-state index in [1.54, 1.807) is 0 Å². The lowest BCUT2D eigenvalue weighted by molar-refractivity contribution is 0.148. The van der Waals surface area contributed by atoms with Gasteiger partial charge in [-0.3, -0.25) is 4.90 Å². The van der Waals surface area contributed by atoms with Gasteiger partial charge in [0.05, 0.1) is 0 Å². The van der Waals surface area contributed by atoms with E-state index in [4.69, 9.17) is 0 Å². The van der Waals surface area contributed by atoms with Crippen LogP contribution in [0.4, 0.5) is 0 Å². The van der Waals surface area contributed by atoms with E-state index >= 15 is 0 Å². The number of hydrogen-bond donors (Lipinski definition) is 0. The van der Waals surface area contributed by atoms with Gasteiger partial charge in [0.2, 0.25) is 0 Å². The molecule has 82 valence electrons. The minimum atomic E-state index is 1.11. The minimum Gasteiger partial charge on any atom is -0.304 e. The second-order valence-electron chi connectivity index (χ2n) is 4.57. The molecule has 1 aromatic carbocycles. The van der Waals surface area contributed by atoms with Crippen molar-refractivity contribution in [3.05, 3.63) is 35.4 Å². The van der Waals surface area contributed by atoms with E-state index in [1.807, 2.05) is 0 Å². The minimum absolute atomic E-state index is 1.11. The molecule has 1 fully saturated rings. The molecule has 1 aliphatic rings. The first kappa shape index (κ1) is 10.7. The number of nitrogens with zero attached hydrogens (tertiary/aromatic N) is 2. The van der Waals surface area contributed by atoms with Crippen molar-refractivity contribution < 1.29 is 0 Å². The molecule has 0 aliphatic carbocycles. The molecule has 15 heavy (non-hydrogen) atoms. The summed E-state index contributed by atoms with van der Waals surface area (Å²) in [6.45, 7) is 8.04. The largest absolute Gasteiger partial charge is 0.304 e. The van der Waals surface area contributed by atoms with Crippen LogP contribution in [0.3, 0.4) is 0 Å². The van der Waals surface area contributed by atoms with Crippen LogP contribution in [0.1, 0.15) is 11.1 Å². The van der Waals surface area contributed by atoms with Gasteiger partial charge in [-0.25, -0.2) is 0 Å². The normalized spacial score (nSPS) is 19.3. The third-order valence-corrected chi connectivity index (χ3v) is 3.12. The second kappa shape index (κ2) is 4.77. The molecule has 0 saturated carbocycles. The Balaban J connectivity index is 1.89. The number of aryl methyl sites for hydroxylation is 1. The van der Waals surface area contributed by atoms with Crippen molar-refractivity contribution >= 4 is 0 Å². The van der Waals surface area contributed by atoms with E-state index in [2.05, 4.69) is 48.0 Å². The molecule has 0 N–H and O–H groups in total. The van der Waals surface area contributed by atoms with Crippen LogP contribution >= 0.6 is 0 Å². The number of benzene rings is 1. The molecule has 1 aromatic rings. The van der Waals surface area contributed by atoms with E-state index in [9.17, 15) is 0 Å². The first-order valence-electron chi connectivity index (χ1n) is 5.70. The fourth-order valence-corrected chi connectivity index (χ4v) is 1.96. The highest BCUT2D eigenvalue weighted by molar-refractivity contribution is 5.21. The van der Waals surface area contributed by atoms with Crippen molar-refractivity contribution in [3.8, 4) is 0 Å². The molecular formula is C13H20N2. The molecule has 2 rings (SSSR count). The third kappa shape index (κ3) is 3.05. The van der Waals surface area contributed by atoms with E-state index in [1.165, 1.54) is 37.3 Å². The Kier molecular flexibility index (Phi) is 3.39. The van der Waals surface area contributed by atoms with Crippen LogP contribution in [0.15, 0.2) is 24.3 Å². The van der Waals surface area contributed by atoms with Crippen molar-refractivity contribution in [3.63, 3.8) is 0 Å². The Morgan fingerprint density at radius 2 is 1.60 bits per heavy atom. The standard InChI is InChI=1S/C13H20N2/c1-12-3-5-13(6-4-12)11-15-9-7-14(2)8-10-15/h3-6H,7-11H2,1-2H3. The highest BCUT2D eigenvalue weighted by atomic mass is 15.2. The Morgan fingerprint density at radius 3 is 2.20 bits per heavy atom. The molecule has 0 bridgehead atoms. The summed E-state index contributed by atoms with van der Waals surface area (Å²) in [7, 11) is 2.20. The Hall–Kier alpha value is -0.860. The number of rotatable bonds is 2. The monoisotopic (exact) mass is 204 g/mol. The van der Waals surface area contributed by atoms with Crippen LogP contribution in [0.25, 0.3) is 0 Å². The number of likely N-dealkylation sites (N-methyl/N-ethyl adjacent to an activating group) is 1. The molecule has 2 heteroatoms. The number of piperazine rings is 1. The van der Waals surface area contributed by atoms with Crippen molar-refractivity contribution in [1.82, 2.24) is 9.80 Å². The smallest absolute Gasteiger partial charge is 0.0234 e. The van der Waals surface area contributed by atoms with Gasteiger partial charge < -0.3 is 4.90 Å². The molecule has 0 radical (unpaired) electrons. The maximum Gasteiger partial charge on any atom is 0.0234 e. The summed E-state index contributed by atoms with van der Waals surface area (Å²) in [6.07, 6.45) is 0. The maximum absolute atomic E-state index is 2.53. The molecule has 1 aliphatic heterocycles. The summed E-state index contributed by atoms with van der Waals surface area (Å²) < 4.78 is 0. The summed E-state index contributed by atoms with van der Waals surface area (Å²) in [5.74, 6) is 0. The lowest BCUT2D eigenvalue weighted by atomic mass is 10.1. The Bertz CT molecular complexity index is 297. The first-order chi connectivity index (χ1) is 7.24. The second-order valence-corrected chi connectivity index (χ2v) is 4.57. The van der Waals surface area contributed by atoms with E-state index in [0.717, 1.165) is 6.54 Å². The highest BCUT2D eigenvalue weighted by Gasteiger charge is 2.13. The van der Waals surface area contributed by atoms with Crippen molar-refractivity contribution in [1.29, 1.82) is 0 Å². The SMILES string of the molecule is Cc1ccc(CN2CCN(C)CC2)cc1. The first-order valence-corrected chi connectivity index (χ1v) is 5.70. The van der Waals surface area contributed by atoms with Gasteiger partial charge in [0.1, 0.15) is 0 Å². The molecule has 0 aromatic heterocycles. The molecule has 0 spiro atoms. The molecular weight excluding hydrogens is 184 g/mol. The van der Waals surface area contributed by atoms with Crippen molar-refractivity contribution in [2.45, 2.75) is 13.5 Å². The summed E-state index contributed by atoms with van der Waals surface area (Å²) in [6, 6.07) is 8.89.